The van der Waals surface area contributed by atoms with Crippen LogP contribution in [0.25, 0.3) is 0 Å². The molecular weight excluding hydrogens is 322 g/mol. The van der Waals surface area contributed by atoms with Crippen LogP contribution in [0.2, 0.25) is 5.02 Å². The molecule has 1 aliphatic heterocycles. The molecule has 0 aromatic heterocycles. The molecule has 1 heterocycles. The first-order chi connectivity index (χ1) is 10.5. The smallest absolute Gasteiger partial charge is 0.242 e. The van der Waals surface area contributed by atoms with Gasteiger partial charge in [-0.2, -0.15) is 0 Å². The van der Waals surface area contributed by atoms with Gasteiger partial charge in [-0.15, -0.1) is 0 Å². The molecule has 2 rings (SSSR count). The zero-order valence-electron chi connectivity index (χ0n) is 12.5. The lowest BCUT2D eigenvalue weighted by atomic mass is 10.2. The normalized spacial score (nSPS) is 19.8. The number of benzene rings is 1. The average molecular weight is 340 g/mol. The molecule has 1 fully saturated rings. The molecule has 1 unspecified atom stereocenters. The summed E-state index contributed by atoms with van der Waals surface area (Å²) >= 11 is 7.28. The number of amides is 2. The van der Waals surface area contributed by atoms with E-state index in [-0.39, 0.29) is 18.2 Å². The molecule has 1 aliphatic rings. The molecule has 0 bridgehead atoms. The molecule has 0 spiro atoms. The fraction of sp³-hybridized carbons (Fsp3) is 0.400. The van der Waals surface area contributed by atoms with Crippen molar-refractivity contribution in [2.75, 3.05) is 13.1 Å². The van der Waals surface area contributed by atoms with Crippen molar-refractivity contribution in [1.82, 2.24) is 10.2 Å². The van der Waals surface area contributed by atoms with Crippen molar-refractivity contribution in [2.24, 2.45) is 4.99 Å². The van der Waals surface area contributed by atoms with Crippen molar-refractivity contribution in [2.45, 2.75) is 25.5 Å². The van der Waals surface area contributed by atoms with E-state index in [1.54, 1.807) is 17.0 Å². The number of thioether (sulfide) groups is 1. The van der Waals surface area contributed by atoms with Gasteiger partial charge >= 0.3 is 0 Å². The molecule has 1 aromatic carbocycles. The van der Waals surface area contributed by atoms with Gasteiger partial charge in [-0.25, -0.2) is 4.99 Å². The first-order valence-electron chi connectivity index (χ1n) is 7.14. The molecular formula is C15H18ClN3O2S. The predicted octanol–water partition coefficient (Wildman–Crippen LogP) is 2.82. The van der Waals surface area contributed by atoms with E-state index in [2.05, 4.69) is 10.3 Å². The van der Waals surface area contributed by atoms with Crippen LogP contribution in [0.3, 0.4) is 0 Å². The zero-order chi connectivity index (χ0) is 16.1. The van der Waals surface area contributed by atoms with Crippen LogP contribution < -0.4 is 5.32 Å². The summed E-state index contributed by atoms with van der Waals surface area (Å²) < 4.78 is 0. The van der Waals surface area contributed by atoms with Gasteiger partial charge in [0.25, 0.3) is 0 Å². The Labute approximate surface area is 139 Å². The van der Waals surface area contributed by atoms with Crippen molar-refractivity contribution >= 4 is 46.0 Å². The van der Waals surface area contributed by atoms with Gasteiger partial charge in [0.2, 0.25) is 11.8 Å². The quantitative estimate of drug-likeness (QED) is 0.897. The maximum Gasteiger partial charge on any atom is 0.242 e. The van der Waals surface area contributed by atoms with E-state index in [0.717, 1.165) is 0 Å². The predicted molar refractivity (Wildman–Crippen MR) is 90.6 cm³/mol. The van der Waals surface area contributed by atoms with Crippen LogP contribution in [0.4, 0.5) is 5.69 Å². The third kappa shape index (κ3) is 4.01. The van der Waals surface area contributed by atoms with E-state index in [4.69, 9.17) is 11.6 Å². The minimum atomic E-state index is -0.413. The van der Waals surface area contributed by atoms with E-state index in [1.807, 2.05) is 26.0 Å². The van der Waals surface area contributed by atoms with Crippen molar-refractivity contribution in [3.63, 3.8) is 0 Å². The Bertz CT molecular complexity index is 606. The molecule has 22 heavy (non-hydrogen) atoms. The number of amidine groups is 1. The van der Waals surface area contributed by atoms with Gasteiger partial charge in [-0.05, 0) is 32.0 Å². The fourth-order valence-corrected chi connectivity index (χ4v) is 3.52. The fourth-order valence-electron chi connectivity index (χ4n) is 2.11. The second kappa shape index (κ2) is 7.65. The van der Waals surface area contributed by atoms with E-state index < -0.39 is 5.25 Å². The number of hydrogen-bond acceptors (Lipinski definition) is 4. The lowest BCUT2D eigenvalue weighted by molar-refractivity contribution is -0.129. The molecule has 7 heteroatoms. The van der Waals surface area contributed by atoms with Crippen molar-refractivity contribution in [3.8, 4) is 0 Å². The van der Waals surface area contributed by atoms with E-state index in [0.29, 0.717) is 29.0 Å². The maximum absolute atomic E-state index is 12.4. The highest BCUT2D eigenvalue weighted by molar-refractivity contribution is 8.15. The number of aliphatic imine (C=N–C) groups is 1. The Hall–Kier alpha value is -1.53. The van der Waals surface area contributed by atoms with Gasteiger partial charge in [0.05, 0.1) is 5.69 Å². The molecule has 118 valence electrons. The van der Waals surface area contributed by atoms with Crippen LogP contribution in [-0.4, -0.2) is 40.2 Å². The van der Waals surface area contributed by atoms with Gasteiger partial charge in [0, 0.05) is 24.5 Å². The minimum Gasteiger partial charge on any atom is -0.356 e. The van der Waals surface area contributed by atoms with E-state index in [9.17, 15) is 9.59 Å². The standard InChI is InChI=1S/C15H18ClN3O2S/c1-3-17-13(20)9-12-14(21)19(4-2)15(22-12)18-11-7-5-6-10(16)8-11/h5-8,12H,3-4,9H2,1-2H3,(H,17,20). The highest BCUT2D eigenvalue weighted by Crippen LogP contribution is 2.31. The van der Waals surface area contributed by atoms with E-state index in [1.165, 1.54) is 11.8 Å². The molecule has 0 aliphatic carbocycles. The van der Waals surface area contributed by atoms with Gasteiger partial charge in [-0.1, -0.05) is 29.4 Å². The molecule has 1 N–H and O–H groups in total. The Balaban J connectivity index is 2.18. The number of carbonyl (C=O) groups excluding carboxylic acids is 2. The van der Waals surface area contributed by atoms with Crippen molar-refractivity contribution in [1.29, 1.82) is 0 Å². The zero-order valence-corrected chi connectivity index (χ0v) is 14.1. The van der Waals surface area contributed by atoms with Crippen LogP contribution in [-0.2, 0) is 9.59 Å². The summed E-state index contributed by atoms with van der Waals surface area (Å²) in [5, 5.41) is 3.52. The summed E-state index contributed by atoms with van der Waals surface area (Å²) in [5.74, 6) is -0.187. The molecule has 1 atom stereocenters. The largest absolute Gasteiger partial charge is 0.356 e. The lowest BCUT2D eigenvalue weighted by Gasteiger charge is -2.13. The van der Waals surface area contributed by atoms with Crippen LogP contribution in [0, 0.1) is 0 Å². The SMILES string of the molecule is CCNC(=O)CC1SC(=Nc2cccc(Cl)c2)N(CC)C1=O. The number of carbonyl (C=O) groups is 2. The first kappa shape index (κ1) is 16.8. The Morgan fingerprint density at radius 2 is 2.23 bits per heavy atom. The molecule has 1 aromatic rings. The molecule has 1 saturated heterocycles. The monoisotopic (exact) mass is 339 g/mol. The van der Waals surface area contributed by atoms with Gasteiger partial charge < -0.3 is 5.32 Å². The highest BCUT2D eigenvalue weighted by Gasteiger charge is 2.38. The second-order valence-corrected chi connectivity index (χ2v) is 6.33. The van der Waals surface area contributed by atoms with E-state index >= 15 is 0 Å². The summed E-state index contributed by atoms with van der Waals surface area (Å²) in [7, 11) is 0. The summed E-state index contributed by atoms with van der Waals surface area (Å²) in [4.78, 5) is 30.2. The number of nitrogens with zero attached hydrogens (tertiary/aromatic N) is 2. The number of hydrogen-bond donors (Lipinski definition) is 1. The average Bonchev–Trinajstić information content (AvgIpc) is 2.74. The van der Waals surface area contributed by atoms with Crippen LogP contribution in [0.1, 0.15) is 20.3 Å². The Morgan fingerprint density at radius 1 is 1.45 bits per heavy atom. The third-order valence-corrected chi connectivity index (χ3v) is 4.52. The van der Waals surface area contributed by atoms with Crippen molar-refractivity contribution in [3.05, 3.63) is 29.3 Å². The van der Waals surface area contributed by atoms with Crippen LogP contribution >= 0.6 is 23.4 Å². The van der Waals surface area contributed by atoms with Gasteiger partial charge in [0.1, 0.15) is 5.25 Å². The summed E-state index contributed by atoms with van der Waals surface area (Å²) in [6.07, 6.45) is 0.169. The lowest BCUT2D eigenvalue weighted by Crippen LogP contribution is -2.34. The molecule has 5 nitrogen and oxygen atoms in total. The highest BCUT2D eigenvalue weighted by atomic mass is 35.5. The van der Waals surface area contributed by atoms with Gasteiger partial charge in [-0.3, -0.25) is 14.5 Å². The van der Waals surface area contributed by atoms with Gasteiger partial charge in [0.15, 0.2) is 5.17 Å². The summed E-state index contributed by atoms with van der Waals surface area (Å²) in [6, 6.07) is 7.15. The topological polar surface area (TPSA) is 61.8 Å². The first-order valence-corrected chi connectivity index (χ1v) is 8.39. The maximum atomic E-state index is 12.4. The summed E-state index contributed by atoms with van der Waals surface area (Å²) in [5.41, 5.74) is 0.694. The molecule has 2 amide bonds. The second-order valence-electron chi connectivity index (χ2n) is 4.72. The van der Waals surface area contributed by atoms with Crippen LogP contribution in [0.5, 0.6) is 0 Å². The molecule has 0 radical (unpaired) electrons. The summed E-state index contributed by atoms with van der Waals surface area (Å²) in [6.45, 7) is 4.83. The number of rotatable bonds is 5. The Kier molecular flexibility index (Phi) is 5.85. The number of halogens is 1. The number of nitrogens with one attached hydrogen (secondary N) is 1. The van der Waals surface area contributed by atoms with Crippen molar-refractivity contribution < 1.29 is 9.59 Å². The molecule has 0 saturated carbocycles. The third-order valence-electron chi connectivity index (χ3n) is 3.11. The minimum absolute atomic E-state index is 0.0699. The Morgan fingerprint density at radius 3 is 2.86 bits per heavy atom. The van der Waals surface area contributed by atoms with Crippen LogP contribution in [0.15, 0.2) is 29.3 Å².